The Labute approximate surface area is 115 Å². The summed E-state index contributed by atoms with van der Waals surface area (Å²) in [6.45, 7) is 3.06. The predicted molar refractivity (Wildman–Crippen MR) is 74.9 cm³/mol. The fourth-order valence-electron chi connectivity index (χ4n) is 2.72. The molecule has 106 valence electrons. The third-order valence-corrected chi connectivity index (χ3v) is 3.86. The van der Waals surface area contributed by atoms with Gasteiger partial charge < -0.3 is 19.5 Å². The van der Waals surface area contributed by atoms with Crippen LogP contribution in [0.15, 0.2) is 18.2 Å². The first kappa shape index (κ1) is 14.2. The quantitative estimate of drug-likeness (QED) is 0.887. The summed E-state index contributed by atoms with van der Waals surface area (Å²) in [7, 11) is 5.32. The molecular formula is C15H23NO3. The molecule has 0 radical (unpaired) electrons. The van der Waals surface area contributed by atoms with E-state index in [0.29, 0.717) is 5.92 Å². The van der Waals surface area contributed by atoms with Crippen LogP contribution in [0.2, 0.25) is 0 Å². The average Bonchev–Trinajstić information content (AvgIpc) is 2.86. The topological polar surface area (TPSA) is 39.7 Å². The van der Waals surface area contributed by atoms with Crippen LogP contribution in [-0.2, 0) is 4.74 Å². The van der Waals surface area contributed by atoms with Crippen LogP contribution >= 0.6 is 0 Å². The number of hydrogen-bond donors (Lipinski definition) is 1. The highest BCUT2D eigenvalue weighted by atomic mass is 16.5. The van der Waals surface area contributed by atoms with Crippen molar-refractivity contribution in [1.82, 2.24) is 5.32 Å². The van der Waals surface area contributed by atoms with Crippen molar-refractivity contribution in [2.45, 2.75) is 25.5 Å². The Morgan fingerprint density at radius 2 is 2.11 bits per heavy atom. The smallest absolute Gasteiger partial charge is 0.124 e. The summed E-state index contributed by atoms with van der Waals surface area (Å²) in [5, 5.41) is 3.36. The van der Waals surface area contributed by atoms with Crippen molar-refractivity contribution in [3.8, 4) is 11.5 Å². The molecule has 3 unspecified atom stereocenters. The maximum Gasteiger partial charge on any atom is 0.124 e. The van der Waals surface area contributed by atoms with Gasteiger partial charge in [0.1, 0.15) is 11.5 Å². The minimum atomic E-state index is 0.113. The largest absolute Gasteiger partial charge is 0.497 e. The van der Waals surface area contributed by atoms with Crippen LogP contribution in [0.5, 0.6) is 11.5 Å². The number of benzene rings is 1. The third kappa shape index (κ3) is 2.85. The zero-order chi connectivity index (χ0) is 13.8. The van der Waals surface area contributed by atoms with Crippen LogP contribution in [-0.4, -0.2) is 34.0 Å². The SMILES string of the molecule is CNC(c1cc(OC)ccc1OC)C1OCCC1C. The highest BCUT2D eigenvalue weighted by molar-refractivity contribution is 5.43. The number of hydrogen-bond acceptors (Lipinski definition) is 4. The van der Waals surface area contributed by atoms with Gasteiger partial charge in [-0.05, 0) is 37.6 Å². The fourth-order valence-corrected chi connectivity index (χ4v) is 2.72. The second-order valence-electron chi connectivity index (χ2n) is 4.98. The number of rotatable bonds is 5. The van der Waals surface area contributed by atoms with Gasteiger partial charge in [-0.3, -0.25) is 0 Å². The Bertz CT molecular complexity index is 422. The molecule has 0 aliphatic carbocycles. The first-order valence-corrected chi connectivity index (χ1v) is 6.72. The lowest BCUT2D eigenvalue weighted by atomic mass is 9.92. The van der Waals surface area contributed by atoms with Crippen molar-refractivity contribution >= 4 is 0 Å². The third-order valence-electron chi connectivity index (χ3n) is 3.86. The molecule has 1 heterocycles. The monoisotopic (exact) mass is 265 g/mol. The van der Waals surface area contributed by atoms with Crippen LogP contribution in [0.1, 0.15) is 24.9 Å². The van der Waals surface area contributed by atoms with Gasteiger partial charge in [0.2, 0.25) is 0 Å². The summed E-state index contributed by atoms with van der Waals surface area (Å²) < 4.78 is 16.7. The second kappa shape index (κ2) is 6.26. The molecule has 1 saturated heterocycles. The molecule has 0 aromatic heterocycles. The number of methoxy groups -OCH3 is 2. The highest BCUT2D eigenvalue weighted by Crippen LogP contribution is 2.36. The van der Waals surface area contributed by atoms with E-state index in [2.05, 4.69) is 12.2 Å². The van der Waals surface area contributed by atoms with Gasteiger partial charge in [0.25, 0.3) is 0 Å². The van der Waals surface area contributed by atoms with E-state index in [1.54, 1.807) is 14.2 Å². The molecule has 0 spiro atoms. The fraction of sp³-hybridized carbons (Fsp3) is 0.600. The molecule has 1 aromatic carbocycles. The molecule has 1 aromatic rings. The van der Waals surface area contributed by atoms with Crippen LogP contribution in [0.25, 0.3) is 0 Å². The maximum atomic E-state index is 5.89. The van der Waals surface area contributed by atoms with E-state index in [4.69, 9.17) is 14.2 Å². The Balaban J connectivity index is 2.35. The zero-order valence-corrected chi connectivity index (χ0v) is 12.1. The molecular weight excluding hydrogens is 242 g/mol. The first-order valence-electron chi connectivity index (χ1n) is 6.72. The van der Waals surface area contributed by atoms with E-state index < -0.39 is 0 Å². The molecule has 3 atom stereocenters. The van der Waals surface area contributed by atoms with Gasteiger partial charge >= 0.3 is 0 Å². The van der Waals surface area contributed by atoms with E-state index in [0.717, 1.165) is 30.1 Å². The summed E-state index contributed by atoms with van der Waals surface area (Å²) >= 11 is 0. The molecule has 1 N–H and O–H groups in total. The molecule has 1 fully saturated rings. The molecule has 0 amide bonds. The van der Waals surface area contributed by atoms with Crippen LogP contribution in [0.3, 0.4) is 0 Å². The standard InChI is InChI=1S/C15H23NO3/c1-10-7-8-19-15(10)14(16-2)12-9-11(17-3)5-6-13(12)18-4/h5-6,9-10,14-16H,7-8H2,1-4H3. The van der Waals surface area contributed by atoms with E-state index in [1.165, 1.54) is 0 Å². The molecule has 4 heteroatoms. The number of nitrogens with one attached hydrogen (secondary N) is 1. The summed E-state index contributed by atoms with van der Waals surface area (Å²) in [6, 6.07) is 5.99. The lowest BCUT2D eigenvalue weighted by molar-refractivity contribution is 0.0623. The molecule has 0 bridgehead atoms. The minimum Gasteiger partial charge on any atom is -0.497 e. The normalized spacial score (nSPS) is 24.2. The van der Waals surface area contributed by atoms with Crippen molar-refractivity contribution in [3.05, 3.63) is 23.8 Å². The van der Waals surface area contributed by atoms with Gasteiger partial charge in [0, 0.05) is 12.2 Å². The Kier molecular flexibility index (Phi) is 4.66. The Morgan fingerprint density at radius 3 is 2.63 bits per heavy atom. The van der Waals surface area contributed by atoms with Gasteiger partial charge in [0.15, 0.2) is 0 Å². The average molecular weight is 265 g/mol. The molecule has 19 heavy (non-hydrogen) atoms. The summed E-state index contributed by atoms with van der Waals surface area (Å²) in [5.41, 5.74) is 1.09. The van der Waals surface area contributed by atoms with E-state index in [1.807, 2.05) is 25.2 Å². The number of ether oxygens (including phenoxy) is 3. The molecule has 1 aliphatic rings. The van der Waals surface area contributed by atoms with Crippen molar-refractivity contribution in [2.24, 2.45) is 5.92 Å². The van der Waals surface area contributed by atoms with Crippen LogP contribution < -0.4 is 14.8 Å². The van der Waals surface area contributed by atoms with Crippen molar-refractivity contribution in [2.75, 3.05) is 27.9 Å². The molecule has 4 nitrogen and oxygen atoms in total. The second-order valence-corrected chi connectivity index (χ2v) is 4.98. The zero-order valence-electron chi connectivity index (χ0n) is 12.1. The van der Waals surface area contributed by atoms with Gasteiger partial charge in [0.05, 0.1) is 26.4 Å². The van der Waals surface area contributed by atoms with Crippen molar-refractivity contribution < 1.29 is 14.2 Å². The highest BCUT2D eigenvalue weighted by Gasteiger charge is 2.33. The Morgan fingerprint density at radius 1 is 1.32 bits per heavy atom. The number of likely N-dealkylation sites (N-methyl/N-ethyl adjacent to an activating group) is 1. The summed E-state index contributed by atoms with van der Waals surface area (Å²) in [6.07, 6.45) is 1.28. The predicted octanol–water partition coefficient (Wildman–Crippen LogP) is 2.39. The molecule has 2 rings (SSSR count). The summed E-state index contributed by atoms with van der Waals surface area (Å²) in [4.78, 5) is 0. The first-order chi connectivity index (χ1) is 9.21. The Hall–Kier alpha value is -1.26. The van der Waals surface area contributed by atoms with E-state index in [-0.39, 0.29) is 12.1 Å². The van der Waals surface area contributed by atoms with Crippen LogP contribution in [0, 0.1) is 5.92 Å². The van der Waals surface area contributed by atoms with E-state index >= 15 is 0 Å². The van der Waals surface area contributed by atoms with Crippen molar-refractivity contribution in [1.29, 1.82) is 0 Å². The van der Waals surface area contributed by atoms with Gasteiger partial charge in [-0.2, -0.15) is 0 Å². The lowest BCUT2D eigenvalue weighted by Gasteiger charge is -2.27. The van der Waals surface area contributed by atoms with Crippen molar-refractivity contribution in [3.63, 3.8) is 0 Å². The van der Waals surface area contributed by atoms with Gasteiger partial charge in [-0.25, -0.2) is 0 Å². The lowest BCUT2D eigenvalue weighted by Crippen LogP contribution is -2.32. The minimum absolute atomic E-state index is 0.113. The van der Waals surface area contributed by atoms with Crippen LogP contribution in [0.4, 0.5) is 0 Å². The maximum absolute atomic E-state index is 5.89. The van der Waals surface area contributed by atoms with E-state index in [9.17, 15) is 0 Å². The van der Waals surface area contributed by atoms with Gasteiger partial charge in [-0.1, -0.05) is 6.92 Å². The summed E-state index contributed by atoms with van der Waals surface area (Å²) in [5.74, 6) is 2.23. The molecule has 1 aliphatic heterocycles. The van der Waals surface area contributed by atoms with Gasteiger partial charge in [-0.15, -0.1) is 0 Å². The molecule has 0 saturated carbocycles.